The van der Waals surface area contributed by atoms with Crippen molar-refractivity contribution >= 4 is 29.8 Å². The molecule has 1 aromatic carbocycles. The number of amides is 4. The molecule has 2 heterocycles. The van der Waals surface area contributed by atoms with Crippen molar-refractivity contribution in [3.8, 4) is 0 Å². The van der Waals surface area contributed by atoms with Gasteiger partial charge < -0.3 is 5.32 Å². The van der Waals surface area contributed by atoms with E-state index in [-0.39, 0.29) is 12.8 Å². The van der Waals surface area contributed by atoms with Crippen LogP contribution < -0.4 is 10.6 Å². The second kappa shape index (κ2) is 14.4. The van der Waals surface area contributed by atoms with E-state index in [1.54, 1.807) is 19.1 Å². The standard InChI is InChI=1S/C30H40N4O4/c1-4-24(14-13-22(2)20-33-17-8-6-5-7-9-18-33)19-31-26-12-10-11-25(23(26)3)30(38)34(21-35)27-15-16-28(36)32-29(27)37/h4,10-14,21,27,31H,1,5-9,15-20H2,2-3H3,(H,32,36,37)/b22-13+,24-14+. The van der Waals surface area contributed by atoms with Gasteiger partial charge in [0.1, 0.15) is 6.04 Å². The average molecular weight is 521 g/mol. The highest BCUT2D eigenvalue weighted by atomic mass is 16.2. The Morgan fingerprint density at radius 3 is 2.53 bits per heavy atom. The van der Waals surface area contributed by atoms with Crippen LogP contribution in [0.5, 0.6) is 0 Å². The zero-order valence-electron chi connectivity index (χ0n) is 22.6. The van der Waals surface area contributed by atoms with Crippen molar-refractivity contribution in [1.29, 1.82) is 0 Å². The van der Waals surface area contributed by atoms with Crippen molar-refractivity contribution in [2.75, 3.05) is 31.5 Å². The summed E-state index contributed by atoms with van der Waals surface area (Å²) in [5, 5.41) is 5.57. The van der Waals surface area contributed by atoms with Crippen LogP contribution in [-0.2, 0) is 14.4 Å². The fourth-order valence-corrected chi connectivity index (χ4v) is 4.93. The maximum Gasteiger partial charge on any atom is 0.261 e. The minimum atomic E-state index is -1.00. The second-order valence-corrected chi connectivity index (χ2v) is 10.1. The van der Waals surface area contributed by atoms with Crippen LogP contribution in [0.2, 0.25) is 0 Å². The number of benzene rings is 1. The highest BCUT2D eigenvalue weighted by Crippen LogP contribution is 2.23. The molecule has 38 heavy (non-hydrogen) atoms. The number of nitrogens with one attached hydrogen (secondary N) is 2. The molecule has 0 aliphatic carbocycles. The Hall–Kier alpha value is -3.52. The van der Waals surface area contributed by atoms with Gasteiger partial charge in [0.2, 0.25) is 18.2 Å². The Morgan fingerprint density at radius 1 is 1.16 bits per heavy atom. The molecule has 2 saturated heterocycles. The smallest absolute Gasteiger partial charge is 0.261 e. The van der Waals surface area contributed by atoms with Crippen LogP contribution in [0.15, 0.2) is 54.2 Å². The zero-order valence-corrected chi connectivity index (χ0v) is 22.6. The van der Waals surface area contributed by atoms with E-state index in [1.165, 1.54) is 37.7 Å². The molecule has 2 aliphatic heterocycles. The summed E-state index contributed by atoms with van der Waals surface area (Å²) < 4.78 is 0. The van der Waals surface area contributed by atoms with Crippen LogP contribution in [0, 0.1) is 6.92 Å². The number of rotatable bonds is 10. The van der Waals surface area contributed by atoms with Gasteiger partial charge in [-0.05, 0) is 69.5 Å². The molecule has 204 valence electrons. The molecule has 0 radical (unpaired) electrons. The Kier molecular flexibility index (Phi) is 11.0. The van der Waals surface area contributed by atoms with Crippen LogP contribution >= 0.6 is 0 Å². The van der Waals surface area contributed by atoms with Crippen molar-refractivity contribution in [3.63, 3.8) is 0 Å². The maximum atomic E-state index is 13.2. The summed E-state index contributed by atoms with van der Waals surface area (Å²) in [6, 6.07) is 4.23. The van der Waals surface area contributed by atoms with Gasteiger partial charge in [-0.15, -0.1) is 0 Å². The van der Waals surface area contributed by atoms with E-state index < -0.39 is 23.8 Å². The number of allylic oxidation sites excluding steroid dienone is 2. The molecular weight excluding hydrogens is 480 g/mol. The van der Waals surface area contributed by atoms with Gasteiger partial charge in [-0.1, -0.05) is 55.7 Å². The number of piperidine rings is 1. The molecule has 1 unspecified atom stereocenters. The van der Waals surface area contributed by atoms with Gasteiger partial charge in [0.25, 0.3) is 5.91 Å². The first kappa shape index (κ1) is 29.0. The summed E-state index contributed by atoms with van der Waals surface area (Å²) in [4.78, 5) is 52.1. The SMILES string of the molecule is C=C/C(=C\C=C(/C)CN1CCCCCCC1)CNc1cccc(C(=O)N(C=O)C2CCC(=O)NC2=O)c1C. The predicted octanol–water partition coefficient (Wildman–Crippen LogP) is 4.14. The molecule has 1 atom stereocenters. The minimum Gasteiger partial charge on any atom is -0.381 e. The van der Waals surface area contributed by atoms with Crippen LogP contribution in [-0.4, -0.2) is 66.2 Å². The van der Waals surface area contributed by atoms with Gasteiger partial charge >= 0.3 is 0 Å². The van der Waals surface area contributed by atoms with Crippen molar-refractivity contribution in [1.82, 2.24) is 15.1 Å². The number of hydrogen-bond acceptors (Lipinski definition) is 6. The summed E-state index contributed by atoms with van der Waals surface area (Å²) in [7, 11) is 0. The van der Waals surface area contributed by atoms with Gasteiger partial charge in [0, 0.05) is 30.8 Å². The number of nitrogens with zero attached hydrogens (tertiary/aromatic N) is 2. The van der Waals surface area contributed by atoms with Crippen LogP contribution in [0.25, 0.3) is 0 Å². The van der Waals surface area contributed by atoms with Gasteiger partial charge in [-0.25, -0.2) is 0 Å². The molecular formula is C30H40N4O4. The molecule has 2 fully saturated rings. The van der Waals surface area contributed by atoms with E-state index in [0.29, 0.717) is 24.1 Å². The van der Waals surface area contributed by atoms with Gasteiger partial charge in [-0.2, -0.15) is 0 Å². The second-order valence-electron chi connectivity index (χ2n) is 10.1. The first-order chi connectivity index (χ1) is 18.3. The minimum absolute atomic E-state index is 0.0806. The lowest BCUT2D eigenvalue weighted by atomic mass is 10.0. The number of hydrogen-bond donors (Lipinski definition) is 2. The number of carbonyl (C=O) groups excluding carboxylic acids is 4. The number of anilines is 1. The van der Waals surface area contributed by atoms with Crippen LogP contribution in [0.4, 0.5) is 5.69 Å². The van der Waals surface area contributed by atoms with Gasteiger partial charge in [0.15, 0.2) is 0 Å². The first-order valence-electron chi connectivity index (χ1n) is 13.5. The predicted molar refractivity (Wildman–Crippen MR) is 150 cm³/mol. The van der Waals surface area contributed by atoms with Crippen molar-refractivity contribution < 1.29 is 19.2 Å². The van der Waals surface area contributed by atoms with E-state index in [0.717, 1.165) is 35.8 Å². The topological polar surface area (TPSA) is 98.8 Å². The molecule has 3 rings (SSSR count). The summed E-state index contributed by atoms with van der Waals surface area (Å²) in [6.45, 7) is 11.7. The molecule has 2 aliphatic rings. The van der Waals surface area contributed by atoms with Gasteiger partial charge in [0.05, 0.1) is 0 Å². The quantitative estimate of drug-likeness (QED) is 0.273. The normalized spacial score (nSPS) is 19.7. The zero-order chi connectivity index (χ0) is 27.5. The molecule has 0 bridgehead atoms. The van der Waals surface area contributed by atoms with Gasteiger partial charge in [-0.3, -0.25) is 34.3 Å². The van der Waals surface area contributed by atoms with E-state index in [4.69, 9.17) is 0 Å². The van der Waals surface area contributed by atoms with Crippen molar-refractivity contribution in [3.05, 3.63) is 65.3 Å². The summed E-state index contributed by atoms with van der Waals surface area (Å²) in [5.41, 5.74) is 4.05. The van der Waals surface area contributed by atoms with E-state index in [9.17, 15) is 19.2 Å². The molecule has 2 N–H and O–H groups in total. The fourth-order valence-electron chi connectivity index (χ4n) is 4.93. The Morgan fingerprint density at radius 2 is 1.87 bits per heavy atom. The Labute approximate surface area is 225 Å². The third kappa shape index (κ3) is 7.99. The first-order valence-corrected chi connectivity index (χ1v) is 13.5. The van der Waals surface area contributed by atoms with Crippen LogP contribution in [0.3, 0.4) is 0 Å². The molecule has 0 spiro atoms. The lowest BCUT2D eigenvalue weighted by molar-refractivity contribution is -0.139. The summed E-state index contributed by atoms with van der Waals surface area (Å²) >= 11 is 0. The monoisotopic (exact) mass is 520 g/mol. The molecule has 1 aromatic rings. The Bertz CT molecular complexity index is 1100. The third-order valence-electron chi connectivity index (χ3n) is 7.21. The van der Waals surface area contributed by atoms with Crippen LogP contribution in [0.1, 0.15) is 67.8 Å². The van der Waals surface area contributed by atoms with Crippen molar-refractivity contribution in [2.24, 2.45) is 0 Å². The molecule has 4 amide bonds. The van der Waals surface area contributed by atoms with E-state index in [2.05, 4.69) is 41.2 Å². The highest BCUT2D eigenvalue weighted by Gasteiger charge is 2.35. The lowest BCUT2D eigenvalue weighted by Crippen LogP contribution is -2.53. The molecule has 0 aromatic heterocycles. The molecule has 8 nitrogen and oxygen atoms in total. The van der Waals surface area contributed by atoms with E-state index >= 15 is 0 Å². The average Bonchev–Trinajstić information content (AvgIpc) is 2.88. The fraction of sp³-hybridized carbons (Fsp3) is 0.467. The third-order valence-corrected chi connectivity index (χ3v) is 7.21. The summed E-state index contributed by atoms with van der Waals surface area (Å²) in [6.07, 6.45) is 13.1. The van der Waals surface area contributed by atoms with E-state index in [1.807, 2.05) is 12.1 Å². The largest absolute Gasteiger partial charge is 0.381 e. The lowest BCUT2D eigenvalue weighted by Gasteiger charge is -2.29. The van der Waals surface area contributed by atoms with Crippen molar-refractivity contribution in [2.45, 2.75) is 64.8 Å². The molecule has 0 saturated carbocycles. The number of carbonyl (C=O) groups is 4. The Balaban J connectivity index is 1.65. The number of likely N-dealkylation sites (tertiary alicyclic amines) is 1. The molecule has 8 heteroatoms. The highest BCUT2D eigenvalue weighted by molar-refractivity contribution is 6.08. The summed E-state index contributed by atoms with van der Waals surface area (Å²) in [5.74, 6) is -1.61. The maximum absolute atomic E-state index is 13.2. The number of imide groups is 2.